The molecule has 0 spiro atoms. The lowest BCUT2D eigenvalue weighted by Gasteiger charge is -2.33. The van der Waals surface area contributed by atoms with Crippen molar-refractivity contribution in [1.82, 2.24) is 5.32 Å². The number of rotatable bonds is 7. The fourth-order valence-electron chi connectivity index (χ4n) is 3.53. The largest absolute Gasteiger partial charge is 0.504 e. The maximum Gasteiger partial charge on any atom is 0.252 e. The summed E-state index contributed by atoms with van der Waals surface area (Å²) in [7, 11) is 1.46. The van der Waals surface area contributed by atoms with E-state index < -0.39 is 11.6 Å². The van der Waals surface area contributed by atoms with Gasteiger partial charge < -0.3 is 15.2 Å². The Morgan fingerprint density at radius 1 is 0.971 bits per heavy atom. The van der Waals surface area contributed by atoms with Crippen LogP contribution in [0.5, 0.6) is 11.5 Å². The maximum atomic E-state index is 13.6. The number of anilines is 1. The van der Waals surface area contributed by atoms with Crippen LogP contribution in [0.25, 0.3) is 6.08 Å². The van der Waals surface area contributed by atoms with Crippen LogP contribution in [0, 0.1) is 0 Å². The van der Waals surface area contributed by atoms with Gasteiger partial charge in [-0.05, 0) is 62.2 Å². The average molecular weight is 459 g/mol. The van der Waals surface area contributed by atoms with Crippen molar-refractivity contribution in [3.05, 3.63) is 96.1 Å². The van der Waals surface area contributed by atoms with Gasteiger partial charge in [-0.2, -0.15) is 0 Å². The molecule has 34 heavy (non-hydrogen) atoms. The molecule has 3 aromatic rings. The Hall–Kier alpha value is -4.06. The number of carbonyl (C=O) groups is 2. The molecule has 1 atom stereocenters. The van der Waals surface area contributed by atoms with E-state index in [-0.39, 0.29) is 17.6 Å². The highest BCUT2D eigenvalue weighted by molar-refractivity contribution is 6.08. The van der Waals surface area contributed by atoms with E-state index in [9.17, 15) is 14.7 Å². The van der Waals surface area contributed by atoms with E-state index in [1.54, 1.807) is 30.3 Å². The third-order valence-corrected chi connectivity index (χ3v) is 5.01. The summed E-state index contributed by atoms with van der Waals surface area (Å²) in [6, 6.07) is 22.3. The first-order valence-corrected chi connectivity index (χ1v) is 11.0. The van der Waals surface area contributed by atoms with Gasteiger partial charge in [0.25, 0.3) is 5.91 Å². The molecule has 3 aromatic carbocycles. The van der Waals surface area contributed by atoms with Gasteiger partial charge >= 0.3 is 0 Å². The van der Waals surface area contributed by atoms with Crippen LogP contribution in [0.4, 0.5) is 5.69 Å². The van der Waals surface area contributed by atoms with Crippen LogP contribution in [-0.4, -0.2) is 29.6 Å². The van der Waals surface area contributed by atoms with Gasteiger partial charge in [0.1, 0.15) is 6.04 Å². The number of nitrogens with zero attached hydrogens (tertiary/aromatic N) is 1. The quantitative estimate of drug-likeness (QED) is 0.483. The third kappa shape index (κ3) is 6.25. The number of benzene rings is 3. The molecule has 0 aliphatic heterocycles. The number of para-hydroxylation sites is 1. The second-order valence-electron chi connectivity index (χ2n) is 8.86. The van der Waals surface area contributed by atoms with Crippen molar-refractivity contribution < 1.29 is 19.4 Å². The monoisotopic (exact) mass is 458 g/mol. The van der Waals surface area contributed by atoms with Gasteiger partial charge in [-0.25, -0.2) is 0 Å². The van der Waals surface area contributed by atoms with Crippen molar-refractivity contribution >= 4 is 23.6 Å². The number of carbonyl (C=O) groups excluding carboxylic acids is 2. The highest BCUT2D eigenvalue weighted by Crippen LogP contribution is 2.30. The van der Waals surface area contributed by atoms with Gasteiger partial charge in [-0.15, -0.1) is 0 Å². The van der Waals surface area contributed by atoms with Gasteiger partial charge in [0, 0.05) is 17.3 Å². The number of phenols is 1. The summed E-state index contributed by atoms with van der Waals surface area (Å²) in [6.45, 7) is 5.71. The Labute approximate surface area is 200 Å². The Morgan fingerprint density at radius 2 is 1.59 bits per heavy atom. The van der Waals surface area contributed by atoms with Crippen LogP contribution >= 0.6 is 0 Å². The summed E-state index contributed by atoms with van der Waals surface area (Å²) >= 11 is 0. The van der Waals surface area contributed by atoms with Gasteiger partial charge in [-0.1, -0.05) is 54.6 Å². The van der Waals surface area contributed by atoms with Crippen molar-refractivity contribution in [3.63, 3.8) is 0 Å². The van der Waals surface area contributed by atoms with Crippen LogP contribution in [0.1, 0.15) is 37.9 Å². The predicted octanol–water partition coefficient (Wildman–Crippen LogP) is 5.10. The summed E-state index contributed by atoms with van der Waals surface area (Å²) in [5.74, 6) is -0.326. The summed E-state index contributed by atoms with van der Waals surface area (Å²) in [5, 5.41) is 12.8. The minimum absolute atomic E-state index is 0.0138. The topological polar surface area (TPSA) is 78.9 Å². The van der Waals surface area contributed by atoms with Crippen molar-refractivity contribution in [3.8, 4) is 11.5 Å². The number of methoxy groups -OCH3 is 1. The molecule has 6 heteroatoms. The molecule has 6 nitrogen and oxygen atoms in total. The molecule has 0 aromatic heterocycles. The molecule has 2 amide bonds. The Bertz CT molecular complexity index is 1150. The van der Waals surface area contributed by atoms with Gasteiger partial charge in [0.05, 0.1) is 7.11 Å². The van der Waals surface area contributed by atoms with Crippen LogP contribution < -0.4 is 15.0 Å². The Morgan fingerprint density at radius 3 is 2.18 bits per heavy atom. The van der Waals surface area contributed by atoms with E-state index in [4.69, 9.17) is 4.74 Å². The Kier molecular flexibility index (Phi) is 7.74. The molecule has 0 radical (unpaired) electrons. The molecule has 0 bridgehead atoms. The summed E-state index contributed by atoms with van der Waals surface area (Å²) in [5.41, 5.74) is 1.49. The van der Waals surface area contributed by atoms with Gasteiger partial charge in [0.2, 0.25) is 5.91 Å². The minimum atomic E-state index is -0.880. The lowest BCUT2D eigenvalue weighted by atomic mass is 10.0. The third-order valence-electron chi connectivity index (χ3n) is 5.01. The van der Waals surface area contributed by atoms with Crippen molar-refractivity contribution in [2.45, 2.75) is 32.4 Å². The molecule has 0 saturated heterocycles. The van der Waals surface area contributed by atoms with Crippen molar-refractivity contribution in [1.29, 1.82) is 0 Å². The smallest absolute Gasteiger partial charge is 0.252 e. The van der Waals surface area contributed by atoms with Gasteiger partial charge in [0.15, 0.2) is 11.5 Å². The number of ether oxygens (including phenoxy) is 1. The van der Waals surface area contributed by atoms with E-state index in [0.717, 1.165) is 0 Å². The molecular formula is C28H30N2O4. The molecule has 2 N–H and O–H groups in total. The molecule has 0 heterocycles. The average Bonchev–Trinajstić information content (AvgIpc) is 2.81. The van der Waals surface area contributed by atoms with Crippen molar-refractivity contribution in [2.75, 3.05) is 12.0 Å². The molecule has 0 saturated carbocycles. The van der Waals surface area contributed by atoms with Gasteiger partial charge in [-0.3, -0.25) is 14.5 Å². The highest BCUT2D eigenvalue weighted by Gasteiger charge is 2.33. The maximum absolute atomic E-state index is 13.6. The van der Waals surface area contributed by atoms with Crippen LogP contribution in [0.3, 0.4) is 0 Å². The van der Waals surface area contributed by atoms with Crippen molar-refractivity contribution in [2.24, 2.45) is 0 Å². The first-order valence-electron chi connectivity index (χ1n) is 11.0. The highest BCUT2D eigenvalue weighted by atomic mass is 16.5. The first-order chi connectivity index (χ1) is 16.2. The SMILES string of the molecule is COc1cc(/C=C/C(=O)N(c2ccccc2)C(C(=O)NC(C)(C)C)c2ccccc2)ccc1O. The second-order valence-corrected chi connectivity index (χ2v) is 8.86. The Balaban J connectivity index is 2.06. The normalized spacial score (nSPS) is 12.2. The van der Waals surface area contributed by atoms with Crippen LogP contribution in [0.2, 0.25) is 0 Å². The summed E-state index contributed by atoms with van der Waals surface area (Å²) < 4.78 is 5.15. The zero-order chi connectivity index (χ0) is 24.7. The zero-order valence-electron chi connectivity index (χ0n) is 19.9. The number of amides is 2. The number of hydrogen-bond donors (Lipinski definition) is 2. The lowest BCUT2D eigenvalue weighted by molar-refractivity contribution is -0.126. The molecule has 3 rings (SSSR count). The van der Waals surface area contributed by atoms with Crippen LogP contribution in [0.15, 0.2) is 84.9 Å². The minimum Gasteiger partial charge on any atom is -0.504 e. The first kappa shape index (κ1) is 24.6. The predicted molar refractivity (Wildman–Crippen MR) is 135 cm³/mol. The van der Waals surface area contributed by atoms with Crippen LogP contribution in [-0.2, 0) is 9.59 Å². The fourth-order valence-corrected chi connectivity index (χ4v) is 3.53. The fraction of sp³-hybridized carbons (Fsp3) is 0.214. The standard InChI is InChI=1S/C28H30N2O4/c1-28(2,3)29-27(33)26(21-11-7-5-8-12-21)30(22-13-9-6-10-14-22)25(32)18-16-20-15-17-23(31)24(19-20)34-4/h5-19,26,31H,1-4H3,(H,29,33)/b18-16+. The molecular weight excluding hydrogens is 428 g/mol. The molecule has 0 aliphatic carbocycles. The molecule has 1 unspecified atom stereocenters. The molecule has 0 fully saturated rings. The number of hydrogen-bond acceptors (Lipinski definition) is 4. The zero-order valence-corrected chi connectivity index (χ0v) is 19.9. The van der Waals surface area contributed by atoms with E-state index >= 15 is 0 Å². The second kappa shape index (κ2) is 10.7. The molecule has 0 aliphatic rings. The lowest BCUT2D eigenvalue weighted by Crippen LogP contribution is -2.49. The van der Waals surface area contributed by atoms with E-state index in [1.807, 2.05) is 69.3 Å². The van der Waals surface area contributed by atoms with E-state index in [2.05, 4.69) is 5.32 Å². The number of nitrogens with one attached hydrogen (secondary N) is 1. The van der Waals surface area contributed by atoms with E-state index in [0.29, 0.717) is 22.6 Å². The molecule has 176 valence electrons. The number of aromatic hydroxyl groups is 1. The summed E-state index contributed by atoms with van der Waals surface area (Å²) in [4.78, 5) is 28.6. The number of phenolic OH excluding ortho intramolecular Hbond substituents is 1. The van der Waals surface area contributed by atoms with E-state index in [1.165, 1.54) is 24.2 Å². The summed E-state index contributed by atoms with van der Waals surface area (Å²) in [6.07, 6.45) is 3.04.